The van der Waals surface area contributed by atoms with Crippen molar-refractivity contribution in [3.8, 4) is 16.8 Å². The van der Waals surface area contributed by atoms with Crippen LogP contribution in [-0.2, 0) is 5.54 Å². The number of anilines is 3. The summed E-state index contributed by atoms with van der Waals surface area (Å²) in [5.41, 5.74) is 12.4. The van der Waals surface area contributed by atoms with Crippen molar-refractivity contribution in [1.82, 2.24) is 4.68 Å². The van der Waals surface area contributed by atoms with Crippen molar-refractivity contribution < 1.29 is 4.68 Å². The standard InChI is InChI=1S/C32H27N4/c1-21-19-22(2)36-32(25-13-7-8-14-27(25)35(21)36)26-18-17-24(23-11-5-4-6-12-23)20-30(26)34-29-16-10-9-15-28(29)33(3)31(32)34/h4-20,31H,1-3H3/q+1. The van der Waals surface area contributed by atoms with Crippen molar-refractivity contribution >= 4 is 17.1 Å². The highest BCUT2D eigenvalue weighted by molar-refractivity contribution is 5.91. The third kappa shape index (κ3) is 2.15. The molecule has 0 radical (unpaired) electrons. The Morgan fingerprint density at radius 3 is 2.11 bits per heavy atom. The Hall–Kier alpha value is -4.31. The molecule has 1 spiro atoms. The molecule has 2 atom stereocenters. The minimum Gasteiger partial charge on any atom is -0.346 e. The Kier molecular flexibility index (Phi) is 3.69. The quantitative estimate of drug-likeness (QED) is 0.278. The molecule has 0 saturated carbocycles. The van der Waals surface area contributed by atoms with E-state index >= 15 is 0 Å². The van der Waals surface area contributed by atoms with Gasteiger partial charge in [0.1, 0.15) is 5.69 Å². The number of hydrogen-bond donors (Lipinski definition) is 0. The van der Waals surface area contributed by atoms with Gasteiger partial charge in [-0.15, -0.1) is 4.68 Å². The fraction of sp³-hybridized carbons (Fsp3) is 0.156. The molecule has 3 aliphatic heterocycles. The van der Waals surface area contributed by atoms with Gasteiger partial charge in [-0.25, -0.2) is 0 Å². The van der Waals surface area contributed by atoms with Gasteiger partial charge in [0.05, 0.1) is 33.9 Å². The number of nitrogens with zero attached hydrogens (tertiary/aromatic N) is 4. The molecule has 4 nitrogen and oxygen atoms in total. The SMILES string of the molecule is Cc1cc(C)[n+]2n1-c1ccccc1C21c2ccc(-c3ccccc3)cc2N2c3ccccc3N(C)C21. The average molecular weight is 468 g/mol. The van der Waals surface area contributed by atoms with Crippen LogP contribution < -0.4 is 14.5 Å². The highest BCUT2D eigenvalue weighted by atomic mass is 15.6. The second kappa shape index (κ2) is 6.67. The average Bonchev–Trinajstić information content (AvgIpc) is 3.59. The van der Waals surface area contributed by atoms with Gasteiger partial charge in [0.2, 0.25) is 5.69 Å². The summed E-state index contributed by atoms with van der Waals surface area (Å²) in [6.45, 7) is 4.47. The van der Waals surface area contributed by atoms with Crippen molar-refractivity contribution in [3.05, 3.63) is 126 Å². The molecule has 4 heterocycles. The molecule has 0 aliphatic carbocycles. The molecule has 36 heavy (non-hydrogen) atoms. The van der Waals surface area contributed by atoms with Crippen molar-refractivity contribution in [1.29, 1.82) is 0 Å². The molecule has 0 bridgehead atoms. The van der Waals surface area contributed by atoms with Crippen LogP contribution >= 0.6 is 0 Å². The number of fused-ring (bicyclic) bond motifs is 12. The van der Waals surface area contributed by atoms with E-state index < -0.39 is 0 Å². The van der Waals surface area contributed by atoms with E-state index in [9.17, 15) is 0 Å². The lowest BCUT2D eigenvalue weighted by atomic mass is 9.81. The topological polar surface area (TPSA) is 15.3 Å². The van der Waals surface area contributed by atoms with Crippen molar-refractivity contribution in [2.45, 2.75) is 25.6 Å². The summed E-state index contributed by atoms with van der Waals surface area (Å²) in [6.07, 6.45) is 0.0799. The molecular weight excluding hydrogens is 440 g/mol. The second-order valence-corrected chi connectivity index (χ2v) is 10.3. The van der Waals surface area contributed by atoms with Crippen LogP contribution in [-0.4, -0.2) is 17.9 Å². The molecule has 0 saturated heterocycles. The van der Waals surface area contributed by atoms with Crippen LogP contribution in [0.5, 0.6) is 0 Å². The zero-order valence-corrected chi connectivity index (χ0v) is 20.7. The lowest BCUT2D eigenvalue weighted by Crippen LogP contribution is -2.68. The fourth-order valence-electron chi connectivity index (χ4n) is 7.21. The summed E-state index contributed by atoms with van der Waals surface area (Å²) in [6, 6.07) is 37.9. The smallest absolute Gasteiger partial charge is 0.285 e. The van der Waals surface area contributed by atoms with Crippen molar-refractivity contribution in [3.63, 3.8) is 0 Å². The van der Waals surface area contributed by atoms with Crippen molar-refractivity contribution in [2.24, 2.45) is 0 Å². The number of para-hydroxylation sites is 3. The largest absolute Gasteiger partial charge is 0.346 e. The first-order chi connectivity index (χ1) is 17.6. The van der Waals surface area contributed by atoms with E-state index in [2.05, 4.69) is 143 Å². The summed E-state index contributed by atoms with van der Waals surface area (Å²) in [5.74, 6) is 0. The summed E-state index contributed by atoms with van der Waals surface area (Å²) < 4.78 is 4.99. The molecule has 2 unspecified atom stereocenters. The number of rotatable bonds is 1. The van der Waals surface area contributed by atoms with Gasteiger partial charge in [-0.2, -0.15) is 0 Å². The summed E-state index contributed by atoms with van der Waals surface area (Å²) >= 11 is 0. The fourth-order valence-corrected chi connectivity index (χ4v) is 7.21. The first-order valence-corrected chi connectivity index (χ1v) is 12.6. The Morgan fingerprint density at radius 2 is 1.31 bits per heavy atom. The molecule has 8 rings (SSSR count). The minimum atomic E-state index is -0.382. The highest BCUT2D eigenvalue weighted by Gasteiger charge is 2.70. The Labute approximate surface area is 211 Å². The lowest BCUT2D eigenvalue weighted by Gasteiger charge is -2.32. The van der Waals surface area contributed by atoms with Crippen LogP contribution in [0, 0.1) is 13.8 Å². The predicted molar refractivity (Wildman–Crippen MR) is 144 cm³/mol. The molecule has 174 valence electrons. The third-order valence-corrected chi connectivity index (χ3v) is 8.44. The van der Waals surface area contributed by atoms with E-state index in [1.807, 2.05) is 0 Å². The molecular formula is C32H27N4+. The Morgan fingerprint density at radius 1 is 0.639 bits per heavy atom. The number of aromatic nitrogens is 2. The third-order valence-electron chi connectivity index (χ3n) is 8.44. The summed E-state index contributed by atoms with van der Waals surface area (Å²) in [4.78, 5) is 5.07. The molecule has 4 aromatic carbocycles. The lowest BCUT2D eigenvalue weighted by molar-refractivity contribution is -0.806. The number of hydrogen-bond acceptors (Lipinski definition) is 2. The molecule has 3 aliphatic rings. The van der Waals surface area contributed by atoms with Gasteiger partial charge in [0.25, 0.3) is 5.54 Å². The van der Waals surface area contributed by atoms with E-state index in [0.29, 0.717) is 0 Å². The molecule has 0 amide bonds. The second-order valence-electron chi connectivity index (χ2n) is 10.3. The van der Waals surface area contributed by atoms with Crippen molar-refractivity contribution in [2.75, 3.05) is 16.8 Å². The summed E-state index contributed by atoms with van der Waals surface area (Å²) in [7, 11) is 2.26. The van der Waals surface area contributed by atoms with E-state index in [4.69, 9.17) is 0 Å². The van der Waals surface area contributed by atoms with Crippen LogP contribution in [0.25, 0.3) is 16.8 Å². The zero-order chi connectivity index (χ0) is 24.2. The van der Waals surface area contributed by atoms with Gasteiger partial charge >= 0.3 is 0 Å². The van der Waals surface area contributed by atoms with E-state index in [0.717, 1.165) is 0 Å². The Balaban J connectivity index is 1.51. The molecule has 1 aromatic heterocycles. The number of aryl methyl sites for hydroxylation is 2. The number of likely N-dealkylation sites (N-methyl/N-ethyl adjacent to an activating group) is 1. The summed E-state index contributed by atoms with van der Waals surface area (Å²) in [5, 5.41) is 0. The Bertz CT molecular complexity index is 1700. The zero-order valence-electron chi connectivity index (χ0n) is 20.7. The maximum absolute atomic E-state index is 2.58. The van der Waals surface area contributed by atoms with Crippen LogP contribution in [0.4, 0.5) is 17.1 Å². The first-order valence-electron chi connectivity index (χ1n) is 12.6. The van der Waals surface area contributed by atoms with E-state index in [-0.39, 0.29) is 11.7 Å². The van der Waals surface area contributed by atoms with Crippen LogP contribution in [0.3, 0.4) is 0 Å². The van der Waals surface area contributed by atoms with Gasteiger partial charge < -0.3 is 9.80 Å². The molecule has 4 heteroatoms. The number of benzene rings is 4. The van der Waals surface area contributed by atoms with E-state index in [1.54, 1.807) is 0 Å². The molecule has 5 aromatic rings. The van der Waals surface area contributed by atoms with Gasteiger partial charge in [-0.3, -0.25) is 0 Å². The van der Waals surface area contributed by atoms with Crippen LogP contribution in [0.1, 0.15) is 22.5 Å². The van der Waals surface area contributed by atoms with Gasteiger partial charge in [-0.05, 0) is 54.4 Å². The molecule has 0 N–H and O–H groups in total. The van der Waals surface area contributed by atoms with Gasteiger partial charge in [0.15, 0.2) is 6.17 Å². The van der Waals surface area contributed by atoms with Gasteiger partial charge in [0, 0.05) is 20.0 Å². The predicted octanol–water partition coefficient (Wildman–Crippen LogP) is 6.08. The minimum absolute atomic E-state index is 0.0799. The maximum atomic E-state index is 2.58. The maximum Gasteiger partial charge on any atom is 0.285 e. The monoisotopic (exact) mass is 467 g/mol. The van der Waals surface area contributed by atoms with Crippen LogP contribution in [0.2, 0.25) is 0 Å². The van der Waals surface area contributed by atoms with E-state index in [1.165, 1.54) is 56.4 Å². The van der Waals surface area contributed by atoms with Gasteiger partial charge in [-0.1, -0.05) is 65.3 Å². The first kappa shape index (κ1) is 19.9. The highest BCUT2D eigenvalue weighted by Crippen LogP contribution is 2.60. The normalized spacial score (nSPS) is 20.4. The van der Waals surface area contributed by atoms with Crippen LogP contribution in [0.15, 0.2) is 103 Å². The molecule has 0 fully saturated rings.